The van der Waals surface area contributed by atoms with E-state index < -0.39 is 0 Å². The molecule has 0 bridgehead atoms. The molecule has 0 unspecified atom stereocenters. The minimum atomic E-state index is -0.243. The molecule has 1 N–H and O–H groups in total. The average Bonchev–Trinajstić information content (AvgIpc) is 3.01. The summed E-state index contributed by atoms with van der Waals surface area (Å²) < 4.78 is 10.8. The van der Waals surface area contributed by atoms with E-state index in [2.05, 4.69) is 15.5 Å². The van der Waals surface area contributed by atoms with E-state index in [0.717, 1.165) is 5.56 Å². The number of anilines is 1. The second-order valence-electron chi connectivity index (χ2n) is 4.86. The number of ether oxygens (including phenoxy) is 1. The van der Waals surface area contributed by atoms with Crippen molar-refractivity contribution >= 4 is 11.6 Å². The number of hydrogen-bond donors (Lipinski definition) is 1. The van der Waals surface area contributed by atoms with Gasteiger partial charge in [-0.2, -0.15) is 0 Å². The lowest BCUT2D eigenvalue weighted by Crippen LogP contribution is -2.20. The monoisotopic (exact) mass is 309 g/mol. The molecule has 0 saturated heterocycles. The largest absolute Gasteiger partial charge is 0.484 e. The van der Waals surface area contributed by atoms with Gasteiger partial charge < -0.3 is 14.5 Å². The van der Waals surface area contributed by atoms with Crippen molar-refractivity contribution in [2.24, 2.45) is 0 Å². The molecule has 0 spiro atoms. The second kappa shape index (κ2) is 6.74. The third kappa shape index (κ3) is 3.94. The van der Waals surface area contributed by atoms with E-state index in [9.17, 15) is 4.79 Å². The number of aryl methyl sites for hydroxylation is 1. The Morgan fingerprint density at radius 3 is 2.70 bits per heavy atom. The van der Waals surface area contributed by atoms with Crippen molar-refractivity contribution in [1.82, 2.24) is 10.2 Å². The Kier molecular flexibility index (Phi) is 4.33. The van der Waals surface area contributed by atoms with Gasteiger partial charge in [-0.15, -0.1) is 10.2 Å². The number of carbonyl (C=O) groups excluding carboxylic acids is 1. The molecule has 0 atom stereocenters. The van der Waals surface area contributed by atoms with E-state index in [1.54, 1.807) is 31.2 Å². The summed E-state index contributed by atoms with van der Waals surface area (Å²) >= 11 is 0. The zero-order valence-electron chi connectivity index (χ0n) is 12.5. The van der Waals surface area contributed by atoms with Crippen LogP contribution >= 0.6 is 0 Å². The molecule has 116 valence electrons. The van der Waals surface area contributed by atoms with Crippen molar-refractivity contribution in [2.45, 2.75) is 6.92 Å². The van der Waals surface area contributed by atoms with Crippen LogP contribution < -0.4 is 10.1 Å². The van der Waals surface area contributed by atoms with E-state index in [-0.39, 0.29) is 12.5 Å². The van der Waals surface area contributed by atoms with Gasteiger partial charge in [0, 0.05) is 18.2 Å². The molecule has 6 nitrogen and oxygen atoms in total. The van der Waals surface area contributed by atoms with Crippen molar-refractivity contribution in [3.63, 3.8) is 0 Å². The van der Waals surface area contributed by atoms with E-state index in [4.69, 9.17) is 9.15 Å². The first kappa shape index (κ1) is 14.8. The number of rotatable bonds is 5. The minimum absolute atomic E-state index is 0.0616. The van der Waals surface area contributed by atoms with Gasteiger partial charge in [-0.25, -0.2) is 0 Å². The van der Waals surface area contributed by atoms with Gasteiger partial charge in [0.25, 0.3) is 5.91 Å². The average molecular weight is 309 g/mol. The van der Waals surface area contributed by atoms with Gasteiger partial charge in [0.05, 0.1) is 0 Å². The number of carbonyl (C=O) groups is 1. The molecule has 23 heavy (non-hydrogen) atoms. The summed E-state index contributed by atoms with van der Waals surface area (Å²) in [6, 6.07) is 16.4. The topological polar surface area (TPSA) is 77.2 Å². The lowest BCUT2D eigenvalue weighted by molar-refractivity contribution is -0.118. The number of aromatic nitrogens is 2. The zero-order valence-corrected chi connectivity index (χ0v) is 12.5. The Bertz CT molecular complexity index is 800. The van der Waals surface area contributed by atoms with Crippen LogP contribution in [0.15, 0.2) is 59.0 Å². The van der Waals surface area contributed by atoms with Gasteiger partial charge in [0.2, 0.25) is 11.8 Å². The van der Waals surface area contributed by atoms with E-state index in [1.807, 2.05) is 30.3 Å². The molecule has 0 radical (unpaired) electrons. The van der Waals surface area contributed by atoms with Crippen molar-refractivity contribution in [3.05, 3.63) is 60.5 Å². The molecule has 1 amide bonds. The smallest absolute Gasteiger partial charge is 0.262 e. The SMILES string of the molecule is Cc1nnc(-c2cccc(NC(=O)COc3ccccc3)c2)o1. The quantitative estimate of drug-likeness (QED) is 0.783. The summed E-state index contributed by atoms with van der Waals surface area (Å²) in [4.78, 5) is 12.0. The van der Waals surface area contributed by atoms with Gasteiger partial charge in [0.15, 0.2) is 6.61 Å². The van der Waals surface area contributed by atoms with Gasteiger partial charge in [-0.1, -0.05) is 24.3 Å². The summed E-state index contributed by atoms with van der Waals surface area (Å²) in [6.07, 6.45) is 0. The number of benzene rings is 2. The molecule has 0 aliphatic rings. The Labute approximate surface area is 133 Å². The third-order valence-corrected chi connectivity index (χ3v) is 3.03. The van der Waals surface area contributed by atoms with E-state index >= 15 is 0 Å². The fourth-order valence-corrected chi connectivity index (χ4v) is 2.01. The molecule has 0 aliphatic heterocycles. The van der Waals surface area contributed by atoms with Crippen molar-refractivity contribution in [2.75, 3.05) is 11.9 Å². The maximum atomic E-state index is 12.0. The van der Waals surface area contributed by atoms with Crippen molar-refractivity contribution < 1.29 is 13.9 Å². The summed E-state index contributed by atoms with van der Waals surface area (Å²) in [5, 5.41) is 10.5. The van der Waals surface area contributed by atoms with Crippen LogP contribution in [0.4, 0.5) is 5.69 Å². The number of para-hydroxylation sites is 1. The maximum Gasteiger partial charge on any atom is 0.262 e. The van der Waals surface area contributed by atoms with Gasteiger partial charge in [0.1, 0.15) is 5.75 Å². The van der Waals surface area contributed by atoms with Crippen LogP contribution in [-0.4, -0.2) is 22.7 Å². The predicted octanol–water partition coefficient (Wildman–Crippen LogP) is 3.06. The first-order valence-corrected chi connectivity index (χ1v) is 7.09. The maximum absolute atomic E-state index is 12.0. The molecular formula is C17H15N3O3. The van der Waals surface area contributed by atoms with Crippen LogP contribution in [-0.2, 0) is 4.79 Å². The molecule has 0 saturated carbocycles. The predicted molar refractivity (Wildman–Crippen MR) is 85.0 cm³/mol. The summed E-state index contributed by atoms with van der Waals surface area (Å²) in [7, 11) is 0. The van der Waals surface area contributed by atoms with E-state index in [0.29, 0.717) is 23.2 Å². The lowest BCUT2D eigenvalue weighted by Gasteiger charge is -2.08. The standard InChI is InChI=1S/C17H15N3O3/c1-12-19-20-17(23-12)13-6-5-7-14(10-13)18-16(21)11-22-15-8-3-2-4-9-15/h2-10H,11H2,1H3,(H,18,21). The highest BCUT2D eigenvalue weighted by Gasteiger charge is 2.08. The molecular weight excluding hydrogens is 294 g/mol. The Balaban J connectivity index is 1.62. The van der Waals surface area contributed by atoms with Crippen LogP contribution in [0.1, 0.15) is 5.89 Å². The van der Waals surface area contributed by atoms with Gasteiger partial charge in [-0.3, -0.25) is 4.79 Å². The molecule has 1 aromatic heterocycles. The van der Waals surface area contributed by atoms with Crippen LogP contribution in [0, 0.1) is 6.92 Å². The molecule has 3 aromatic rings. The number of hydrogen-bond acceptors (Lipinski definition) is 5. The van der Waals surface area contributed by atoms with Crippen molar-refractivity contribution in [3.8, 4) is 17.2 Å². The van der Waals surface area contributed by atoms with Gasteiger partial charge in [-0.05, 0) is 30.3 Å². The minimum Gasteiger partial charge on any atom is -0.484 e. The van der Waals surface area contributed by atoms with Gasteiger partial charge >= 0.3 is 0 Å². The van der Waals surface area contributed by atoms with Crippen LogP contribution in [0.5, 0.6) is 5.75 Å². The number of amides is 1. The Hall–Kier alpha value is -3.15. The fraction of sp³-hybridized carbons (Fsp3) is 0.118. The summed E-state index contributed by atoms with van der Waals surface area (Å²) in [5.41, 5.74) is 1.38. The van der Waals surface area contributed by atoms with Crippen LogP contribution in [0.25, 0.3) is 11.5 Å². The van der Waals surface area contributed by atoms with Crippen LogP contribution in [0.3, 0.4) is 0 Å². The first-order valence-electron chi connectivity index (χ1n) is 7.09. The fourth-order valence-electron chi connectivity index (χ4n) is 2.01. The highest BCUT2D eigenvalue weighted by Crippen LogP contribution is 2.21. The normalized spacial score (nSPS) is 10.3. The number of nitrogens with zero attached hydrogens (tertiary/aromatic N) is 2. The van der Waals surface area contributed by atoms with E-state index in [1.165, 1.54) is 0 Å². The van der Waals surface area contributed by atoms with Crippen molar-refractivity contribution in [1.29, 1.82) is 0 Å². The zero-order chi connectivity index (χ0) is 16.1. The molecule has 3 rings (SSSR count). The summed E-state index contributed by atoms with van der Waals surface area (Å²) in [6.45, 7) is 1.66. The molecule has 2 aromatic carbocycles. The molecule has 0 fully saturated rings. The Morgan fingerprint density at radius 2 is 1.96 bits per heavy atom. The second-order valence-corrected chi connectivity index (χ2v) is 4.86. The van der Waals surface area contributed by atoms with Crippen LogP contribution in [0.2, 0.25) is 0 Å². The molecule has 6 heteroatoms. The summed E-state index contributed by atoms with van der Waals surface area (Å²) in [5.74, 6) is 1.32. The third-order valence-electron chi connectivity index (χ3n) is 3.03. The highest BCUT2D eigenvalue weighted by atomic mass is 16.5. The molecule has 0 aliphatic carbocycles. The Morgan fingerprint density at radius 1 is 1.13 bits per heavy atom. The lowest BCUT2D eigenvalue weighted by atomic mass is 10.2. The first-order chi connectivity index (χ1) is 11.2. The molecule has 1 heterocycles. The number of nitrogens with one attached hydrogen (secondary N) is 1. The highest BCUT2D eigenvalue weighted by molar-refractivity contribution is 5.92.